The minimum Gasteiger partial charge on any atom is -0.390 e. The molecule has 0 rings (SSSR count). The van der Waals surface area contributed by atoms with E-state index in [0.717, 1.165) is 0 Å². The highest BCUT2D eigenvalue weighted by Crippen LogP contribution is 2.19. The molecular weight excluding hydrogens is 269 g/mol. The van der Waals surface area contributed by atoms with Crippen LogP contribution in [0, 0.1) is 0 Å². The molecule has 0 fully saturated rings. The van der Waals surface area contributed by atoms with Gasteiger partial charge in [0.05, 0.1) is 12.7 Å². The third-order valence-corrected chi connectivity index (χ3v) is 2.09. The van der Waals surface area contributed by atoms with E-state index in [2.05, 4.69) is 4.74 Å². The van der Waals surface area contributed by atoms with Gasteiger partial charge in [0.1, 0.15) is 0 Å². The van der Waals surface area contributed by atoms with Crippen molar-refractivity contribution in [3.8, 4) is 0 Å². The van der Waals surface area contributed by atoms with E-state index in [1.165, 1.54) is 6.92 Å². The van der Waals surface area contributed by atoms with Crippen molar-refractivity contribution in [1.29, 1.82) is 0 Å². The molecule has 5 heteroatoms. The van der Waals surface area contributed by atoms with E-state index < -0.39 is 12.2 Å². The maximum atomic E-state index is 12.3. The van der Waals surface area contributed by atoms with Crippen molar-refractivity contribution in [3.05, 3.63) is 0 Å². The van der Waals surface area contributed by atoms with Crippen molar-refractivity contribution in [1.82, 2.24) is 0 Å². The van der Waals surface area contributed by atoms with E-state index >= 15 is 0 Å². The van der Waals surface area contributed by atoms with Gasteiger partial charge in [-0.25, -0.2) is 0 Å². The molecule has 0 heterocycles. The van der Waals surface area contributed by atoms with Crippen LogP contribution >= 0.6 is 22.6 Å². The Labute approximate surface area is 78.1 Å². The smallest absolute Gasteiger partial charge is 0.355 e. The Balaban J connectivity index is 3.52. The average Bonchev–Trinajstić information content (AvgIpc) is 2.00. The van der Waals surface area contributed by atoms with Crippen molar-refractivity contribution in [3.63, 3.8) is 0 Å². The van der Waals surface area contributed by atoms with E-state index in [0.29, 0.717) is 4.43 Å². The van der Waals surface area contributed by atoms with Crippen LogP contribution in [0.1, 0.15) is 13.3 Å². The SMILES string of the molecule is CCC(F)(F)OCC(O)CI. The predicted molar refractivity (Wildman–Crippen MR) is 46.1 cm³/mol. The van der Waals surface area contributed by atoms with E-state index in [4.69, 9.17) is 5.11 Å². The lowest BCUT2D eigenvalue weighted by Gasteiger charge is -2.16. The zero-order valence-corrected chi connectivity index (χ0v) is 8.35. The quantitative estimate of drug-likeness (QED) is 0.614. The molecule has 0 saturated carbocycles. The van der Waals surface area contributed by atoms with Crippen molar-refractivity contribution < 1.29 is 18.6 Å². The summed E-state index contributed by atoms with van der Waals surface area (Å²) in [6.45, 7) is 1.03. The summed E-state index contributed by atoms with van der Waals surface area (Å²) in [4.78, 5) is 0. The summed E-state index contributed by atoms with van der Waals surface area (Å²) >= 11 is 1.90. The molecule has 1 unspecified atom stereocenters. The van der Waals surface area contributed by atoms with Gasteiger partial charge < -0.3 is 9.84 Å². The first-order chi connectivity index (χ1) is 5.02. The largest absolute Gasteiger partial charge is 0.390 e. The number of aliphatic hydroxyl groups excluding tert-OH is 1. The fourth-order valence-electron chi connectivity index (χ4n) is 0.365. The maximum Gasteiger partial charge on any atom is 0.355 e. The first-order valence-electron chi connectivity index (χ1n) is 3.27. The minimum absolute atomic E-state index is 0.302. The van der Waals surface area contributed by atoms with Crippen LogP contribution in [-0.4, -0.2) is 28.4 Å². The Bertz CT molecular complexity index is 111. The molecule has 0 aromatic heterocycles. The van der Waals surface area contributed by atoms with Crippen molar-refractivity contribution in [2.45, 2.75) is 25.6 Å². The second-order valence-electron chi connectivity index (χ2n) is 2.11. The molecule has 0 aliphatic carbocycles. The second kappa shape index (κ2) is 5.21. The van der Waals surface area contributed by atoms with Gasteiger partial charge in [0.15, 0.2) is 0 Å². The molecule has 0 aromatic rings. The predicted octanol–water partition coefficient (Wildman–Crippen LogP) is 1.80. The Kier molecular flexibility index (Phi) is 5.45. The summed E-state index contributed by atoms with van der Waals surface area (Å²) in [6.07, 6.45) is -4.25. The zero-order valence-electron chi connectivity index (χ0n) is 6.19. The molecule has 1 atom stereocenters. The number of rotatable bonds is 5. The molecule has 0 spiro atoms. The van der Waals surface area contributed by atoms with Gasteiger partial charge in [-0.15, -0.1) is 0 Å². The van der Waals surface area contributed by atoms with Crippen LogP contribution in [-0.2, 0) is 4.74 Å². The van der Waals surface area contributed by atoms with Crippen LogP contribution < -0.4 is 0 Å². The van der Waals surface area contributed by atoms with Gasteiger partial charge in [0, 0.05) is 10.8 Å². The van der Waals surface area contributed by atoms with E-state index in [1.54, 1.807) is 0 Å². The van der Waals surface area contributed by atoms with Crippen molar-refractivity contribution in [2.75, 3.05) is 11.0 Å². The molecule has 0 saturated heterocycles. The van der Waals surface area contributed by atoms with Crippen LogP contribution in [0.25, 0.3) is 0 Å². The topological polar surface area (TPSA) is 29.5 Å². The van der Waals surface area contributed by atoms with Gasteiger partial charge in [-0.05, 0) is 0 Å². The third kappa shape index (κ3) is 5.75. The minimum atomic E-state index is -3.09. The van der Waals surface area contributed by atoms with Gasteiger partial charge in [-0.3, -0.25) is 0 Å². The fraction of sp³-hybridized carbons (Fsp3) is 1.00. The molecule has 11 heavy (non-hydrogen) atoms. The molecule has 0 aromatic carbocycles. The summed E-state index contributed by atoms with van der Waals surface area (Å²) in [7, 11) is 0. The highest BCUT2D eigenvalue weighted by Gasteiger charge is 2.27. The lowest BCUT2D eigenvalue weighted by atomic mass is 10.4. The number of alkyl halides is 3. The van der Waals surface area contributed by atoms with Crippen LogP contribution in [0.2, 0.25) is 0 Å². The monoisotopic (exact) mass is 280 g/mol. The van der Waals surface area contributed by atoms with Crippen molar-refractivity contribution in [2.24, 2.45) is 0 Å². The van der Waals surface area contributed by atoms with E-state index in [9.17, 15) is 8.78 Å². The van der Waals surface area contributed by atoms with Gasteiger partial charge in [0.2, 0.25) is 0 Å². The Morgan fingerprint density at radius 3 is 2.55 bits per heavy atom. The molecule has 0 amide bonds. The molecule has 1 N–H and O–H groups in total. The fourth-order valence-corrected chi connectivity index (χ4v) is 0.619. The molecular formula is C6H11F2IO2. The van der Waals surface area contributed by atoms with E-state index in [1.807, 2.05) is 22.6 Å². The number of halogens is 3. The lowest BCUT2D eigenvalue weighted by Crippen LogP contribution is -2.26. The third-order valence-electron chi connectivity index (χ3n) is 1.08. The highest BCUT2D eigenvalue weighted by atomic mass is 127. The Hall–Kier alpha value is 0.510. The molecule has 2 nitrogen and oxygen atoms in total. The first kappa shape index (κ1) is 11.5. The van der Waals surface area contributed by atoms with Gasteiger partial charge in [0.25, 0.3) is 0 Å². The molecule has 0 radical (unpaired) electrons. The van der Waals surface area contributed by atoms with Gasteiger partial charge in [-0.1, -0.05) is 29.5 Å². The highest BCUT2D eigenvalue weighted by molar-refractivity contribution is 14.1. The van der Waals surface area contributed by atoms with Crippen LogP contribution in [0.4, 0.5) is 8.78 Å². The number of aliphatic hydroxyl groups is 1. The van der Waals surface area contributed by atoms with Crippen LogP contribution in [0.5, 0.6) is 0 Å². The summed E-state index contributed by atoms with van der Waals surface area (Å²) in [5.41, 5.74) is 0. The Morgan fingerprint density at radius 2 is 2.18 bits per heavy atom. The normalized spacial score (nSPS) is 15.0. The van der Waals surface area contributed by atoms with Crippen molar-refractivity contribution >= 4 is 22.6 Å². The number of hydrogen-bond donors (Lipinski definition) is 1. The lowest BCUT2D eigenvalue weighted by molar-refractivity contribution is -0.247. The molecule has 68 valence electrons. The standard InChI is InChI=1S/C6H11F2IO2/c1-2-6(7,8)11-4-5(10)3-9/h5,10H,2-4H2,1H3. The maximum absolute atomic E-state index is 12.3. The number of hydrogen-bond acceptors (Lipinski definition) is 2. The number of ether oxygens (including phenoxy) is 1. The second-order valence-corrected chi connectivity index (χ2v) is 2.99. The van der Waals surface area contributed by atoms with Gasteiger partial charge in [-0.2, -0.15) is 8.78 Å². The van der Waals surface area contributed by atoms with E-state index in [-0.39, 0.29) is 13.0 Å². The molecule has 0 bridgehead atoms. The Morgan fingerprint density at radius 1 is 1.64 bits per heavy atom. The molecule has 0 aliphatic rings. The van der Waals surface area contributed by atoms with Gasteiger partial charge >= 0.3 is 6.11 Å². The summed E-state index contributed by atoms with van der Waals surface area (Å²) in [6, 6.07) is 0. The van der Waals surface area contributed by atoms with Crippen LogP contribution in [0.15, 0.2) is 0 Å². The molecule has 0 aliphatic heterocycles. The summed E-state index contributed by atoms with van der Waals surface area (Å²) < 4.78 is 29.2. The zero-order chi connectivity index (χ0) is 8.91. The first-order valence-corrected chi connectivity index (χ1v) is 4.80. The van der Waals surface area contributed by atoms with Crippen LogP contribution in [0.3, 0.4) is 0 Å². The summed E-state index contributed by atoms with van der Waals surface area (Å²) in [5, 5.41) is 8.85. The average molecular weight is 280 g/mol. The summed E-state index contributed by atoms with van der Waals surface area (Å²) in [5.74, 6) is 0.